The molecule has 4 aromatic rings. The molecule has 0 fully saturated rings. The smallest absolute Gasteiger partial charge is 0.262 e. The van der Waals surface area contributed by atoms with E-state index in [9.17, 15) is 13.2 Å². The van der Waals surface area contributed by atoms with Gasteiger partial charge in [-0.2, -0.15) is 0 Å². The summed E-state index contributed by atoms with van der Waals surface area (Å²) in [6, 6.07) is 12.3. The Balaban J connectivity index is 1.78. The average molecular weight is 441 g/mol. The first-order chi connectivity index (χ1) is 14.8. The lowest BCUT2D eigenvalue weighted by Crippen LogP contribution is -2.23. The minimum absolute atomic E-state index is 0.102. The Hall–Kier alpha value is -3.24. The Morgan fingerprint density at radius 1 is 1.10 bits per heavy atom. The van der Waals surface area contributed by atoms with Gasteiger partial charge < -0.3 is 5.32 Å². The molecule has 0 atom stereocenters. The Kier molecular flexibility index (Phi) is 5.28. The largest absolute Gasteiger partial charge is 0.377 e. The predicted molar refractivity (Wildman–Crippen MR) is 120 cm³/mol. The highest BCUT2D eigenvalue weighted by Crippen LogP contribution is 2.23. The number of nitrogens with zero attached hydrogens (tertiary/aromatic N) is 5. The quantitative estimate of drug-likeness (QED) is 0.493. The van der Waals surface area contributed by atoms with Gasteiger partial charge in [-0.1, -0.05) is 18.2 Å². The Bertz CT molecular complexity index is 1450. The highest BCUT2D eigenvalue weighted by Gasteiger charge is 2.19. The molecule has 0 saturated carbocycles. The molecule has 0 bridgehead atoms. The summed E-state index contributed by atoms with van der Waals surface area (Å²) < 4.78 is 29.6. The van der Waals surface area contributed by atoms with Gasteiger partial charge in [-0.15, -0.1) is 10.2 Å². The standard InChI is InChI=1S/C21H24N6O3S/c1-5-26-20(28)16-8-6-7-9-18(16)27-19(23-24-21(26)27)13-22-17-12-15(11-10-14(17)2)31(29,30)25(3)4/h6-12,22H,5,13H2,1-4H3. The fourth-order valence-electron chi connectivity index (χ4n) is 3.55. The van der Waals surface area contributed by atoms with Crippen molar-refractivity contribution in [3.05, 3.63) is 64.2 Å². The first-order valence-corrected chi connectivity index (χ1v) is 11.3. The van der Waals surface area contributed by atoms with Gasteiger partial charge >= 0.3 is 0 Å². The zero-order chi connectivity index (χ0) is 22.3. The van der Waals surface area contributed by atoms with Crippen molar-refractivity contribution < 1.29 is 8.42 Å². The molecular weight excluding hydrogens is 416 g/mol. The third-order valence-electron chi connectivity index (χ3n) is 5.32. The number of hydrogen-bond acceptors (Lipinski definition) is 6. The maximum absolute atomic E-state index is 12.8. The number of nitrogens with one attached hydrogen (secondary N) is 1. The molecule has 1 N–H and O–H groups in total. The van der Waals surface area contributed by atoms with E-state index < -0.39 is 10.0 Å². The number of anilines is 1. The van der Waals surface area contributed by atoms with E-state index in [0.717, 1.165) is 11.1 Å². The number of aromatic nitrogens is 4. The fourth-order valence-corrected chi connectivity index (χ4v) is 4.48. The second-order valence-electron chi connectivity index (χ2n) is 7.44. The molecule has 0 unspecified atom stereocenters. The average Bonchev–Trinajstić information content (AvgIpc) is 3.17. The molecule has 0 aliphatic carbocycles. The summed E-state index contributed by atoms with van der Waals surface area (Å²) in [6.07, 6.45) is 0. The zero-order valence-corrected chi connectivity index (χ0v) is 18.6. The molecule has 0 aliphatic rings. The van der Waals surface area contributed by atoms with Crippen LogP contribution in [0.3, 0.4) is 0 Å². The predicted octanol–water partition coefficient (Wildman–Crippen LogP) is 2.23. The normalized spacial score (nSPS) is 12.2. The number of rotatable bonds is 6. The Morgan fingerprint density at radius 2 is 1.84 bits per heavy atom. The van der Waals surface area contributed by atoms with Crippen molar-refractivity contribution in [1.29, 1.82) is 0 Å². The molecule has 0 saturated heterocycles. The molecule has 2 aromatic heterocycles. The van der Waals surface area contributed by atoms with Crippen LogP contribution in [0.4, 0.5) is 5.69 Å². The van der Waals surface area contributed by atoms with Gasteiger partial charge in [0.15, 0.2) is 5.82 Å². The summed E-state index contributed by atoms with van der Waals surface area (Å²) in [7, 11) is -0.537. The van der Waals surface area contributed by atoms with Gasteiger partial charge in [0.05, 0.1) is 22.3 Å². The summed E-state index contributed by atoms with van der Waals surface area (Å²) in [5.41, 5.74) is 2.22. The molecule has 2 heterocycles. The summed E-state index contributed by atoms with van der Waals surface area (Å²) >= 11 is 0. The van der Waals surface area contributed by atoms with Crippen molar-refractivity contribution in [3.63, 3.8) is 0 Å². The van der Waals surface area contributed by atoms with Gasteiger partial charge in [0.1, 0.15) is 0 Å². The highest BCUT2D eigenvalue weighted by atomic mass is 32.2. The van der Waals surface area contributed by atoms with Crippen molar-refractivity contribution in [1.82, 2.24) is 23.5 Å². The number of aryl methyl sites for hydroxylation is 2. The summed E-state index contributed by atoms with van der Waals surface area (Å²) in [5, 5.41) is 12.4. The van der Waals surface area contributed by atoms with Crippen LogP contribution in [0.25, 0.3) is 16.7 Å². The number of para-hydroxylation sites is 1. The van der Waals surface area contributed by atoms with Crippen molar-refractivity contribution in [2.75, 3.05) is 19.4 Å². The molecular formula is C21H24N6O3S. The van der Waals surface area contributed by atoms with Crippen molar-refractivity contribution in [2.45, 2.75) is 31.8 Å². The third-order valence-corrected chi connectivity index (χ3v) is 7.13. The van der Waals surface area contributed by atoms with Crippen LogP contribution in [0.15, 0.2) is 52.2 Å². The molecule has 2 aromatic carbocycles. The van der Waals surface area contributed by atoms with Crippen LogP contribution in [-0.2, 0) is 23.1 Å². The number of sulfonamides is 1. The molecule has 10 heteroatoms. The van der Waals surface area contributed by atoms with Crippen LogP contribution in [0.1, 0.15) is 18.3 Å². The van der Waals surface area contributed by atoms with E-state index in [1.54, 1.807) is 28.8 Å². The van der Waals surface area contributed by atoms with Gasteiger partial charge in [-0.3, -0.25) is 13.8 Å². The summed E-state index contributed by atoms with van der Waals surface area (Å²) in [5.74, 6) is 1.09. The van der Waals surface area contributed by atoms with Crippen LogP contribution in [0.5, 0.6) is 0 Å². The molecule has 4 rings (SSSR count). The van der Waals surface area contributed by atoms with Crippen LogP contribution >= 0.6 is 0 Å². The van der Waals surface area contributed by atoms with E-state index in [2.05, 4.69) is 15.5 Å². The van der Waals surface area contributed by atoms with E-state index in [0.29, 0.717) is 35.8 Å². The van der Waals surface area contributed by atoms with Gasteiger partial charge in [0.25, 0.3) is 5.56 Å². The Labute approximate surface area is 180 Å². The van der Waals surface area contributed by atoms with Crippen molar-refractivity contribution in [2.24, 2.45) is 0 Å². The highest BCUT2D eigenvalue weighted by molar-refractivity contribution is 7.89. The number of benzene rings is 2. The van der Waals surface area contributed by atoms with Gasteiger partial charge in [0, 0.05) is 26.3 Å². The fraction of sp³-hybridized carbons (Fsp3) is 0.286. The second-order valence-corrected chi connectivity index (χ2v) is 9.59. The zero-order valence-electron chi connectivity index (χ0n) is 17.8. The molecule has 162 valence electrons. The van der Waals surface area contributed by atoms with Crippen LogP contribution < -0.4 is 10.9 Å². The van der Waals surface area contributed by atoms with Crippen molar-refractivity contribution in [3.8, 4) is 0 Å². The van der Waals surface area contributed by atoms with E-state index >= 15 is 0 Å². The maximum Gasteiger partial charge on any atom is 0.262 e. The number of hydrogen-bond donors (Lipinski definition) is 1. The molecule has 0 aliphatic heterocycles. The molecule has 31 heavy (non-hydrogen) atoms. The summed E-state index contributed by atoms with van der Waals surface area (Å²) in [4.78, 5) is 13.0. The second kappa shape index (κ2) is 7.78. The lowest BCUT2D eigenvalue weighted by atomic mass is 10.2. The molecule has 0 spiro atoms. The van der Waals surface area contributed by atoms with Gasteiger partial charge in [0.2, 0.25) is 15.8 Å². The topological polar surface area (TPSA) is 102 Å². The minimum Gasteiger partial charge on any atom is -0.377 e. The summed E-state index contributed by atoms with van der Waals surface area (Å²) in [6.45, 7) is 4.57. The first-order valence-electron chi connectivity index (χ1n) is 9.88. The van der Waals surface area contributed by atoms with E-state index in [-0.39, 0.29) is 10.5 Å². The molecule has 9 nitrogen and oxygen atoms in total. The monoisotopic (exact) mass is 440 g/mol. The van der Waals surface area contributed by atoms with Crippen LogP contribution in [-0.4, -0.2) is 46.0 Å². The SMILES string of the molecule is CCn1c(=O)c2ccccc2n2c(CNc3cc(S(=O)(=O)N(C)C)ccc3C)nnc12. The maximum atomic E-state index is 12.8. The van der Waals surface area contributed by atoms with Crippen LogP contribution in [0.2, 0.25) is 0 Å². The molecule has 0 amide bonds. The number of fused-ring (bicyclic) bond motifs is 3. The van der Waals surface area contributed by atoms with E-state index in [1.807, 2.05) is 36.4 Å². The van der Waals surface area contributed by atoms with Crippen LogP contribution in [0, 0.1) is 6.92 Å². The van der Waals surface area contributed by atoms with Gasteiger partial charge in [-0.05, 0) is 43.7 Å². The minimum atomic E-state index is -3.54. The van der Waals surface area contributed by atoms with Crippen molar-refractivity contribution >= 4 is 32.4 Å². The van der Waals surface area contributed by atoms with Gasteiger partial charge in [-0.25, -0.2) is 12.7 Å². The lowest BCUT2D eigenvalue weighted by molar-refractivity contribution is 0.521. The molecule has 0 radical (unpaired) electrons. The van der Waals surface area contributed by atoms with E-state index in [1.165, 1.54) is 18.4 Å². The van der Waals surface area contributed by atoms with E-state index in [4.69, 9.17) is 0 Å². The Morgan fingerprint density at radius 3 is 2.55 bits per heavy atom. The first kappa shape index (κ1) is 21.0. The lowest BCUT2D eigenvalue weighted by Gasteiger charge is -2.15. The third kappa shape index (κ3) is 3.47.